The number of aromatic nitrogens is 2. The number of primary amides is 1. The molecule has 4 nitrogen and oxygen atoms in total. The van der Waals surface area contributed by atoms with Gasteiger partial charge < -0.3 is 5.73 Å². The van der Waals surface area contributed by atoms with Crippen LogP contribution in [0.5, 0.6) is 0 Å². The molecule has 0 unspecified atom stereocenters. The van der Waals surface area contributed by atoms with E-state index in [4.69, 9.17) is 5.73 Å². The number of hydrogen-bond acceptors (Lipinski definition) is 3. The molecule has 1 amide bonds. The Labute approximate surface area is 88.7 Å². The van der Waals surface area contributed by atoms with Crippen molar-refractivity contribution in [3.05, 3.63) is 23.3 Å². The summed E-state index contributed by atoms with van der Waals surface area (Å²) in [6.07, 6.45) is -3.09. The fourth-order valence-corrected chi connectivity index (χ4v) is 1.26. The van der Waals surface area contributed by atoms with E-state index in [1.165, 1.54) is 0 Å². The van der Waals surface area contributed by atoms with Crippen molar-refractivity contribution >= 4 is 5.91 Å². The Morgan fingerprint density at radius 2 is 2.00 bits per heavy atom. The Kier molecular flexibility index (Phi) is 2.32. The van der Waals surface area contributed by atoms with Crippen molar-refractivity contribution in [3.8, 4) is 0 Å². The van der Waals surface area contributed by atoms with Crippen molar-refractivity contribution in [2.75, 3.05) is 0 Å². The lowest BCUT2D eigenvalue weighted by molar-refractivity contribution is -0.141. The smallest absolute Gasteiger partial charge is 0.364 e. The van der Waals surface area contributed by atoms with E-state index in [2.05, 4.69) is 9.97 Å². The average molecular weight is 231 g/mol. The number of carbonyl (C=O) groups is 1. The summed E-state index contributed by atoms with van der Waals surface area (Å²) in [7, 11) is 0. The number of alkyl halides is 3. The van der Waals surface area contributed by atoms with Crippen LogP contribution in [0.25, 0.3) is 0 Å². The summed E-state index contributed by atoms with van der Waals surface area (Å²) >= 11 is 0. The van der Waals surface area contributed by atoms with Crippen molar-refractivity contribution in [1.29, 1.82) is 0 Å². The van der Waals surface area contributed by atoms with Crippen molar-refractivity contribution in [3.63, 3.8) is 0 Å². The molecular weight excluding hydrogens is 223 g/mol. The second kappa shape index (κ2) is 3.43. The maximum atomic E-state index is 12.5. The molecule has 1 aromatic rings. The minimum Gasteiger partial charge on any atom is -0.364 e. The highest BCUT2D eigenvalue weighted by Crippen LogP contribution is 2.39. The second-order valence-corrected chi connectivity index (χ2v) is 3.63. The number of nitrogens with two attached hydrogens (primary N) is 1. The SMILES string of the molecule is NC(=O)c1cc(C(F)(F)F)nc(C2CC2)n1. The van der Waals surface area contributed by atoms with Gasteiger partial charge in [-0.3, -0.25) is 4.79 Å². The third-order valence-corrected chi connectivity index (χ3v) is 2.23. The first-order chi connectivity index (χ1) is 7.38. The van der Waals surface area contributed by atoms with Crippen LogP contribution < -0.4 is 5.73 Å². The number of nitrogens with zero attached hydrogens (tertiary/aromatic N) is 2. The summed E-state index contributed by atoms with van der Waals surface area (Å²) < 4.78 is 37.4. The van der Waals surface area contributed by atoms with Gasteiger partial charge in [0.2, 0.25) is 0 Å². The first kappa shape index (κ1) is 10.8. The molecular formula is C9H8F3N3O. The molecule has 0 atom stereocenters. The summed E-state index contributed by atoms with van der Waals surface area (Å²) in [6, 6.07) is 0.578. The molecule has 1 fully saturated rings. The van der Waals surface area contributed by atoms with E-state index in [0.29, 0.717) is 6.07 Å². The van der Waals surface area contributed by atoms with E-state index in [-0.39, 0.29) is 17.4 Å². The van der Waals surface area contributed by atoms with Crippen LogP contribution >= 0.6 is 0 Å². The summed E-state index contributed by atoms with van der Waals surface area (Å²) in [6.45, 7) is 0. The first-order valence-corrected chi connectivity index (χ1v) is 4.64. The van der Waals surface area contributed by atoms with Crippen molar-refractivity contribution in [2.45, 2.75) is 24.9 Å². The summed E-state index contributed by atoms with van der Waals surface area (Å²) in [5.41, 5.74) is 3.42. The zero-order chi connectivity index (χ0) is 11.9. The molecule has 16 heavy (non-hydrogen) atoms. The van der Waals surface area contributed by atoms with Gasteiger partial charge in [-0.1, -0.05) is 0 Å². The van der Waals surface area contributed by atoms with Gasteiger partial charge in [-0.05, 0) is 12.8 Å². The Morgan fingerprint density at radius 3 is 2.44 bits per heavy atom. The molecule has 1 aliphatic rings. The van der Waals surface area contributed by atoms with Crippen LogP contribution in [-0.2, 0) is 6.18 Å². The molecule has 86 valence electrons. The number of amides is 1. The van der Waals surface area contributed by atoms with Crippen LogP contribution in [0.15, 0.2) is 6.07 Å². The highest BCUT2D eigenvalue weighted by atomic mass is 19.4. The summed E-state index contributed by atoms with van der Waals surface area (Å²) in [5, 5.41) is 0. The van der Waals surface area contributed by atoms with Gasteiger partial charge in [-0.2, -0.15) is 13.2 Å². The standard InChI is InChI=1S/C9H8F3N3O/c10-9(11,12)6-3-5(7(13)16)14-8(15-6)4-1-2-4/h3-4H,1-2H2,(H2,13,16). The molecule has 0 aliphatic heterocycles. The van der Waals surface area contributed by atoms with Crippen LogP contribution in [0.4, 0.5) is 13.2 Å². The van der Waals surface area contributed by atoms with Crippen molar-refractivity contribution < 1.29 is 18.0 Å². The van der Waals surface area contributed by atoms with Crippen molar-refractivity contribution in [2.24, 2.45) is 5.73 Å². The third kappa shape index (κ3) is 2.12. The molecule has 1 saturated carbocycles. The third-order valence-electron chi connectivity index (χ3n) is 2.23. The molecule has 0 saturated heterocycles. The monoisotopic (exact) mass is 231 g/mol. The quantitative estimate of drug-likeness (QED) is 0.837. The van der Waals surface area contributed by atoms with Gasteiger partial charge in [0.05, 0.1) is 0 Å². The lowest BCUT2D eigenvalue weighted by Crippen LogP contribution is -2.18. The summed E-state index contributed by atoms with van der Waals surface area (Å²) in [4.78, 5) is 18.0. The van der Waals surface area contributed by atoms with Crippen LogP contribution in [0, 0.1) is 0 Å². The zero-order valence-electron chi connectivity index (χ0n) is 8.08. The van der Waals surface area contributed by atoms with Crippen LogP contribution in [0.3, 0.4) is 0 Å². The molecule has 0 aromatic carbocycles. The molecule has 7 heteroatoms. The van der Waals surface area contributed by atoms with Gasteiger partial charge in [0, 0.05) is 12.0 Å². The van der Waals surface area contributed by atoms with Gasteiger partial charge in [-0.25, -0.2) is 9.97 Å². The minimum atomic E-state index is -4.59. The number of rotatable bonds is 2. The first-order valence-electron chi connectivity index (χ1n) is 4.64. The largest absolute Gasteiger partial charge is 0.433 e. The van der Waals surface area contributed by atoms with E-state index in [1.54, 1.807) is 0 Å². The molecule has 1 aromatic heterocycles. The predicted molar refractivity (Wildman–Crippen MR) is 47.5 cm³/mol. The van der Waals surface area contributed by atoms with Gasteiger partial charge >= 0.3 is 6.18 Å². The molecule has 2 rings (SSSR count). The Balaban J connectivity index is 2.48. The predicted octanol–water partition coefficient (Wildman–Crippen LogP) is 1.47. The lowest BCUT2D eigenvalue weighted by atomic mass is 10.2. The molecule has 1 heterocycles. The highest BCUT2D eigenvalue weighted by Gasteiger charge is 2.36. The molecule has 1 aliphatic carbocycles. The Morgan fingerprint density at radius 1 is 1.38 bits per heavy atom. The Hall–Kier alpha value is -1.66. The Bertz CT molecular complexity index is 440. The number of carbonyl (C=O) groups excluding carboxylic acids is 1. The second-order valence-electron chi connectivity index (χ2n) is 3.63. The van der Waals surface area contributed by atoms with Crippen molar-refractivity contribution in [1.82, 2.24) is 9.97 Å². The van der Waals surface area contributed by atoms with Gasteiger partial charge in [0.25, 0.3) is 5.91 Å². The van der Waals surface area contributed by atoms with Crippen LogP contribution in [-0.4, -0.2) is 15.9 Å². The highest BCUT2D eigenvalue weighted by molar-refractivity contribution is 5.90. The zero-order valence-corrected chi connectivity index (χ0v) is 8.08. The lowest BCUT2D eigenvalue weighted by Gasteiger charge is -2.08. The fraction of sp³-hybridized carbons (Fsp3) is 0.444. The number of hydrogen-bond donors (Lipinski definition) is 1. The van der Waals surface area contributed by atoms with E-state index in [9.17, 15) is 18.0 Å². The number of halogens is 3. The topological polar surface area (TPSA) is 68.9 Å². The molecule has 0 bridgehead atoms. The van der Waals surface area contributed by atoms with E-state index in [1.807, 2.05) is 0 Å². The maximum absolute atomic E-state index is 12.5. The summed E-state index contributed by atoms with van der Waals surface area (Å²) in [5.74, 6) is -0.987. The minimum absolute atomic E-state index is 0.0589. The van der Waals surface area contributed by atoms with Gasteiger partial charge in [0.1, 0.15) is 17.2 Å². The van der Waals surface area contributed by atoms with Gasteiger partial charge in [-0.15, -0.1) is 0 Å². The average Bonchev–Trinajstić information content (AvgIpc) is 2.98. The van der Waals surface area contributed by atoms with E-state index < -0.39 is 17.8 Å². The molecule has 0 radical (unpaired) electrons. The van der Waals surface area contributed by atoms with E-state index in [0.717, 1.165) is 12.8 Å². The maximum Gasteiger partial charge on any atom is 0.433 e. The fourth-order valence-electron chi connectivity index (χ4n) is 1.26. The van der Waals surface area contributed by atoms with Gasteiger partial charge in [0.15, 0.2) is 0 Å². The van der Waals surface area contributed by atoms with E-state index >= 15 is 0 Å². The van der Waals surface area contributed by atoms with Crippen LogP contribution in [0.1, 0.15) is 40.8 Å². The molecule has 0 spiro atoms. The van der Waals surface area contributed by atoms with Crippen LogP contribution in [0.2, 0.25) is 0 Å². The normalized spacial score (nSPS) is 16.2. The molecule has 2 N–H and O–H groups in total.